The number of esters is 1. The summed E-state index contributed by atoms with van der Waals surface area (Å²) in [6.45, 7) is 2.42. The average Bonchev–Trinajstić information content (AvgIpc) is 2.85. The fourth-order valence-corrected chi connectivity index (χ4v) is 2.54. The van der Waals surface area contributed by atoms with Crippen molar-refractivity contribution in [2.45, 2.75) is 24.4 Å². The molecule has 1 heterocycles. The van der Waals surface area contributed by atoms with Gasteiger partial charge in [-0.1, -0.05) is 42.1 Å². The zero-order valence-corrected chi connectivity index (χ0v) is 11.6. The lowest BCUT2D eigenvalue weighted by atomic mass is 10.2. The largest absolute Gasteiger partial charge is 0.465 e. The Balaban J connectivity index is 1.94. The van der Waals surface area contributed by atoms with Gasteiger partial charge in [-0.05, 0) is 12.5 Å². The van der Waals surface area contributed by atoms with Gasteiger partial charge in [0, 0.05) is 18.1 Å². The van der Waals surface area contributed by atoms with E-state index in [1.54, 1.807) is 31.1 Å². The van der Waals surface area contributed by atoms with Gasteiger partial charge in [-0.2, -0.15) is 0 Å². The number of nitrogens with zero attached hydrogens (tertiary/aromatic N) is 2. The number of carbonyl (C=O) groups is 1. The highest BCUT2D eigenvalue weighted by atomic mass is 32.2. The van der Waals surface area contributed by atoms with Gasteiger partial charge in [0.2, 0.25) is 0 Å². The molecular weight excluding hydrogens is 260 g/mol. The summed E-state index contributed by atoms with van der Waals surface area (Å²) in [6.07, 6.45) is 3.50. The van der Waals surface area contributed by atoms with Crippen molar-refractivity contribution in [2.24, 2.45) is 0 Å². The van der Waals surface area contributed by atoms with E-state index in [4.69, 9.17) is 4.74 Å². The number of hydrogen-bond donors (Lipinski definition) is 0. The molecule has 0 fully saturated rings. The van der Waals surface area contributed by atoms with Crippen LogP contribution in [0.5, 0.6) is 0 Å². The van der Waals surface area contributed by atoms with E-state index in [0.717, 1.165) is 10.9 Å². The van der Waals surface area contributed by atoms with Crippen LogP contribution in [0.15, 0.2) is 47.9 Å². The Morgan fingerprint density at radius 2 is 2.16 bits per heavy atom. The Hall–Kier alpha value is -1.75. The molecule has 0 aliphatic rings. The molecule has 0 atom stereocenters. The SMILES string of the molecule is CCOC(=O)Cn1ccnc1SCc1ccccc1. The first-order valence-corrected chi connectivity index (χ1v) is 7.11. The molecule has 0 saturated carbocycles. The Morgan fingerprint density at radius 3 is 2.89 bits per heavy atom. The number of imidazole rings is 1. The Morgan fingerprint density at radius 1 is 1.37 bits per heavy atom. The Kier molecular flexibility index (Phi) is 5.03. The van der Waals surface area contributed by atoms with E-state index < -0.39 is 0 Å². The molecule has 4 nitrogen and oxygen atoms in total. The van der Waals surface area contributed by atoms with Gasteiger partial charge in [0.1, 0.15) is 6.54 Å². The van der Waals surface area contributed by atoms with Crippen molar-refractivity contribution in [3.05, 3.63) is 48.3 Å². The van der Waals surface area contributed by atoms with E-state index >= 15 is 0 Å². The van der Waals surface area contributed by atoms with Crippen LogP contribution in [-0.4, -0.2) is 22.1 Å². The summed E-state index contributed by atoms with van der Waals surface area (Å²) in [4.78, 5) is 15.7. The summed E-state index contributed by atoms with van der Waals surface area (Å²) in [6, 6.07) is 10.2. The normalized spacial score (nSPS) is 10.4. The van der Waals surface area contributed by atoms with Gasteiger partial charge < -0.3 is 9.30 Å². The minimum atomic E-state index is -0.234. The number of benzene rings is 1. The van der Waals surface area contributed by atoms with Crippen LogP contribution in [0.3, 0.4) is 0 Å². The molecule has 19 heavy (non-hydrogen) atoms. The molecule has 5 heteroatoms. The molecule has 2 aromatic rings. The van der Waals surface area contributed by atoms with E-state index in [2.05, 4.69) is 17.1 Å². The van der Waals surface area contributed by atoms with Crippen LogP contribution in [0.25, 0.3) is 0 Å². The monoisotopic (exact) mass is 276 g/mol. The summed E-state index contributed by atoms with van der Waals surface area (Å²) in [5.74, 6) is 0.600. The van der Waals surface area contributed by atoms with Crippen molar-refractivity contribution in [3.63, 3.8) is 0 Å². The molecule has 2 rings (SSSR count). The van der Waals surface area contributed by atoms with E-state index in [9.17, 15) is 4.79 Å². The van der Waals surface area contributed by atoms with E-state index in [-0.39, 0.29) is 12.5 Å². The zero-order chi connectivity index (χ0) is 13.5. The summed E-state index contributed by atoms with van der Waals surface area (Å²) in [5, 5.41) is 0.830. The quantitative estimate of drug-likeness (QED) is 0.601. The van der Waals surface area contributed by atoms with Crippen LogP contribution in [0, 0.1) is 0 Å². The number of thioether (sulfide) groups is 1. The third-order valence-corrected chi connectivity index (χ3v) is 3.57. The molecule has 0 aliphatic heterocycles. The second kappa shape index (κ2) is 6.99. The van der Waals surface area contributed by atoms with Crippen LogP contribution >= 0.6 is 11.8 Å². The molecule has 0 N–H and O–H groups in total. The summed E-state index contributed by atoms with van der Waals surface area (Å²) >= 11 is 1.61. The standard InChI is InChI=1S/C14H16N2O2S/c1-2-18-13(17)10-16-9-8-15-14(16)19-11-12-6-4-3-5-7-12/h3-9H,2,10-11H2,1H3. The molecule has 0 amide bonds. The average molecular weight is 276 g/mol. The maximum absolute atomic E-state index is 11.5. The molecule has 100 valence electrons. The molecule has 0 bridgehead atoms. The zero-order valence-electron chi connectivity index (χ0n) is 10.8. The second-order valence-electron chi connectivity index (χ2n) is 3.92. The molecule has 1 aromatic heterocycles. The lowest BCUT2D eigenvalue weighted by molar-refractivity contribution is -0.143. The summed E-state index contributed by atoms with van der Waals surface area (Å²) < 4.78 is 6.75. The van der Waals surface area contributed by atoms with Crippen molar-refractivity contribution in [2.75, 3.05) is 6.61 Å². The Bertz CT molecular complexity index is 525. The van der Waals surface area contributed by atoms with E-state index in [1.807, 2.05) is 22.8 Å². The molecule has 0 unspecified atom stereocenters. The van der Waals surface area contributed by atoms with Gasteiger partial charge in [-0.3, -0.25) is 4.79 Å². The molecule has 1 aromatic carbocycles. The number of ether oxygens (including phenoxy) is 1. The summed E-state index contributed by atoms with van der Waals surface area (Å²) in [5.41, 5.74) is 1.23. The molecule has 0 radical (unpaired) electrons. The summed E-state index contributed by atoms with van der Waals surface area (Å²) in [7, 11) is 0. The molecule has 0 saturated heterocycles. The van der Waals surface area contributed by atoms with Crippen molar-refractivity contribution in [3.8, 4) is 0 Å². The number of carbonyl (C=O) groups excluding carboxylic acids is 1. The van der Waals surface area contributed by atoms with Gasteiger partial charge in [-0.15, -0.1) is 0 Å². The number of hydrogen-bond acceptors (Lipinski definition) is 4. The van der Waals surface area contributed by atoms with Gasteiger partial charge >= 0.3 is 5.97 Å². The first-order valence-electron chi connectivity index (χ1n) is 6.13. The maximum atomic E-state index is 11.5. The maximum Gasteiger partial charge on any atom is 0.326 e. The van der Waals surface area contributed by atoms with Crippen molar-refractivity contribution in [1.82, 2.24) is 9.55 Å². The lowest BCUT2D eigenvalue weighted by Gasteiger charge is -2.07. The lowest BCUT2D eigenvalue weighted by Crippen LogP contribution is -2.13. The third-order valence-electron chi connectivity index (χ3n) is 2.49. The van der Waals surface area contributed by atoms with Crippen molar-refractivity contribution < 1.29 is 9.53 Å². The van der Waals surface area contributed by atoms with Gasteiger partial charge in [0.05, 0.1) is 6.61 Å². The first kappa shape index (κ1) is 13.7. The Labute approximate surface area is 116 Å². The minimum absolute atomic E-state index is 0.213. The van der Waals surface area contributed by atoms with Crippen LogP contribution in [0.1, 0.15) is 12.5 Å². The third kappa shape index (κ3) is 4.13. The van der Waals surface area contributed by atoms with E-state index in [1.165, 1.54) is 5.56 Å². The van der Waals surface area contributed by atoms with Crippen LogP contribution in [0.2, 0.25) is 0 Å². The number of aromatic nitrogens is 2. The highest BCUT2D eigenvalue weighted by Gasteiger charge is 2.08. The molecular formula is C14H16N2O2S. The fourth-order valence-electron chi connectivity index (χ4n) is 1.62. The van der Waals surface area contributed by atoms with Crippen LogP contribution in [-0.2, 0) is 21.8 Å². The fraction of sp³-hybridized carbons (Fsp3) is 0.286. The van der Waals surface area contributed by atoms with E-state index in [0.29, 0.717) is 6.61 Å². The molecule has 0 aliphatic carbocycles. The predicted molar refractivity (Wildman–Crippen MR) is 74.9 cm³/mol. The predicted octanol–water partition coefficient (Wildman–Crippen LogP) is 2.74. The smallest absolute Gasteiger partial charge is 0.326 e. The second-order valence-corrected chi connectivity index (χ2v) is 4.86. The van der Waals surface area contributed by atoms with Gasteiger partial charge in [-0.25, -0.2) is 4.98 Å². The first-order chi connectivity index (χ1) is 9.29. The number of rotatable bonds is 6. The highest BCUT2D eigenvalue weighted by Crippen LogP contribution is 2.20. The highest BCUT2D eigenvalue weighted by molar-refractivity contribution is 7.98. The molecule has 0 spiro atoms. The van der Waals surface area contributed by atoms with Gasteiger partial charge in [0.15, 0.2) is 5.16 Å². The van der Waals surface area contributed by atoms with Gasteiger partial charge in [0.25, 0.3) is 0 Å². The van der Waals surface area contributed by atoms with Crippen molar-refractivity contribution >= 4 is 17.7 Å². The van der Waals surface area contributed by atoms with Crippen molar-refractivity contribution in [1.29, 1.82) is 0 Å². The van der Waals surface area contributed by atoms with Crippen LogP contribution < -0.4 is 0 Å². The minimum Gasteiger partial charge on any atom is -0.465 e. The topological polar surface area (TPSA) is 44.1 Å². The van der Waals surface area contributed by atoms with Crippen LogP contribution in [0.4, 0.5) is 0 Å².